The Bertz CT molecular complexity index is 3430. The van der Waals surface area contributed by atoms with Gasteiger partial charge in [0.05, 0.1) is 27.6 Å². The SMILES string of the molecule is CC(=O)CC(=O)Nc1cccc([N+](=O)[O-])c1.CC(O)=C(N=Nc1cccc(NC(N)=O)c1)C(=O)Nc1cccc(N)c1.CC(O)=C(N=Nc1cccc(NC(N)=O)c1)C(=O)Nc1cccc([N+](=O)[O-])c1.NC(=O)Nc1cccc(N)c1. The molecule has 0 saturated heterocycles. The average Bonchev–Trinajstić information content (AvgIpc) is 3.37. The highest BCUT2D eigenvalue weighted by Crippen LogP contribution is 2.24. The molecule has 0 aliphatic carbocycles. The molecule has 6 aromatic rings. The van der Waals surface area contributed by atoms with Crippen LogP contribution in [0.2, 0.25) is 0 Å². The predicted octanol–water partition coefficient (Wildman–Crippen LogP) is 9.14. The summed E-state index contributed by atoms with van der Waals surface area (Å²) >= 11 is 0. The van der Waals surface area contributed by atoms with Gasteiger partial charge in [-0.25, -0.2) is 14.4 Å². The smallest absolute Gasteiger partial charge is 0.316 e. The fraction of sp³-hybridized carbons (Fsp3) is 0.0784. The van der Waals surface area contributed by atoms with Crippen LogP contribution < -0.4 is 60.6 Å². The number of nitrogen functional groups attached to an aromatic ring is 2. The zero-order valence-electron chi connectivity index (χ0n) is 43.0. The first-order chi connectivity index (χ1) is 38.3. The molecule has 0 bridgehead atoms. The number of nitrogens with zero attached hydrogens (tertiary/aromatic N) is 6. The lowest BCUT2D eigenvalue weighted by Gasteiger charge is -2.06. The minimum absolute atomic E-state index is 0.111. The number of carbonyl (C=O) groups excluding carboxylic acids is 7. The predicted molar refractivity (Wildman–Crippen MR) is 301 cm³/mol. The van der Waals surface area contributed by atoms with Crippen LogP contribution in [0.1, 0.15) is 27.2 Å². The molecule has 0 aliphatic rings. The van der Waals surface area contributed by atoms with E-state index in [0.29, 0.717) is 45.5 Å². The van der Waals surface area contributed by atoms with E-state index in [-0.39, 0.29) is 52.1 Å². The summed E-state index contributed by atoms with van der Waals surface area (Å²) in [6.07, 6.45) is -0.233. The number of aliphatic hydroxyl groups excluding tert-OH is 2. The Kier molecular flexibility index (Phi) is 24.7. The van der Waals surface area contributed by atoms with Crippen molar-refractivity contribution in [1.29, 1.82) is 0 Å². The van der Waals surface area contributed by atoms with E-state index in [1.807, 2.05) is 0 Å². The molecule has 0 heterocycles. The van der Waals surface area contributed by atoms with Gasteiger partial charge in [0.1, 0.15) is 17.3 Å². The lowest BCUT2D eigenvalue weighted by molar-refractivity contribution is -0.385. The Labute approximate surface area is 459 Å². The molecule has 81 heavy (non-hydrogen) atoms. The van der Waals surface area contributed by atoms with E-state index in [1.54, 1.807) is 84.9 Å². The Morgan fingerprint density at radius 2 is 0.765 bits per heavy atom. The maximum atomic E-state index is 12.3. The molecule has 0 aliphatic heterocycles. The van der Waals surface area contributed by atoms with E-state index in [9.17, 15) is 64.0 Å². The van der Waals surface area contributed by atoms with Gasteiger partial charge >= 0.3 is 18.1 Å². The van der Waals surface area contributed by atoms with E-state index in [1.165, 1.54) is 81.4 Å². The van der Waals surface area contributed by atoms with Crippen molar-refractivity contribution in [2.45, 2.75) is 27.2 Å². The lowest BCUT2D eigenvalue weighted by Crippen LogP contribution is -2.19. The second-order valence-electron chi connectivity index (χ2n) is 16.0. The number of nitrogens with two attached hydrogens (primary N) is 5. The summed E-state index contributed by atoms with van der Waals surface area (Å²) in [4.78, 5) is 98.7. The van der Waals surface area contributed by atoms with Gasteiger partial charge in [0.2, 0.25) is 5.91 Å². The van der Waals surface area contributed by atoms with Crippen LogP contribution in [0, 0.1) is 20.2 Å². The lowest BCUT2D eigenvalue weighted by atomic mass is 10.2. The number of primary amides is 3. The number of nitro benzene ring substituents is 2. The molecule has 0 unspecified atom stereocenters. The minimum atomic E-state index is -0.810. The molecule has 0 aromatic heterocycles. The average molecular weight is 1110 g/mol. The van der Waals surface area contributed by atoms with Crippen LogP contribution in [-0.4, -0.2) is 61.7 Å². The van der Waals surface area contributed by atoms with E-state index in [0.717, 1.165) is 0 Å². The van der Waals surface area contributed by atoms with E-state index < -0.39 is 51.4 Å². The highest BCUT2D eigenvalue weighted by Gasteiger charge is 2.17. The summed E-state index contributed by atoms with van der Waals surface area (Å²) in [5.41, 5.74) is 29.1. The van der Waals surface area contributed by atoms with Crippen LogP contribution >= 0.6 is 0 Å². The van der Waals surface area contributed by atoms with Crippen LogP contribution in [-0.2, 0) is 19.2 Å². The summed E-state index contributed by atoms with van der Waals surface area (Å²) in [5.74, 6) is -2.91. The number of aliphatic hydroxyl groups is 2. The van der Waals surface area contributed by atoms with Crippen LogP contribution in [0.15, 0.2) is 189 Å². The number of azo groups is 2. The number of nitro groups is 2. The summed E-state index contributed by atoms with van der Waals surface area (Å²) in [7, 11) is 0. The third-order valence-corrected chi connectivity index (χ3v) is 9.24. The van der Waals surface area contributed by atoms with Crippen molar-refractivity contribution < 1.29 is 53.6 Å². The van der Waals surface area contributed by atoms with Gasteiger partial charge in [-0.2, -0.15) is 10.2 Å². The number of allylic oxidation sites excluding steroid dienone is 2. The first-order valence-electron chi connectivity index (χ1n) is 22.9. The Morgan fingerprint density at radius 3 is 1.09 bits per heavy atom. The minimum Gasteiger partial charge on any atom is -0.510 e. The van der Waals surface area contributed by atoms with Crippen molar-refractivity contribution in [2.75, 3.05) is 43.4 Å². The number of carbonyl (C=O) groups is 7. The zero-order valence-corrected chi connectivity index (χ0v) is 43.0. The molecule has 6 aromatic carbocycles. The summed E-state index contributed by atoms with van der Waals surface area (Å²) in [5, 5.41) is 70.6. The maximum Gasteiger partial charge on any atom is 0.316 e. The van der Waals surface area contributed by atoms with Gasteiger partial charge in [0, 0.05) is 69.8 Å². The summed E-state index contributed by atoms with van der Waals surface area (Å²) in [6, 6.07) is 34.7. The van der Waals surface area contributed by atoms with Gasteiger partial charge in [-0.1, -0.05) is 36.4 Å². The van der Waals surface area contributed by atoms with Crippen LogP contribution in [0.5, 0.6) is 0 Å². The van der Waals surface area contributed by atoms with Crippen molar-refractivity contribution in [3.63, 3.8) is 0 Å². The zero-order chi connectivity index (χ0) is 60.2. The third-order valence-electron chi connectivity index (χ3n) is 9.24. The highest BCUT2D eigenvalue weighted by atomic mass is 16.6. The normalized spacial score (nSPS) is 10.9. The molecule has 0 spiro atoms. The number of anilines is 8. The number of amides is 9. The fourth-order valence-corrected chi connectivity index (χ4v) is 5.94. The summed E-state index contributed by atoms with van der Waals surface area (Å²) in [6.45, 7) is 3.86. The first kappa shape index (κ1) is 63.2. The largest absolute Gasteiger partial charge is 0.510 e. The molecular weight excluding hydrogens is 1060 g/mol. The number of nitrogens with one attached hydrogen (secondary N) is 6. The molecule has 30 nitrogen and oxygen atoms in total. The molecule has 0 fully saturated rings. The standard InChI is InChI=1S/C17H16N6O5.C17H18N6O3.C10H10N2O4.C7H9N3O/c1-10(24)15(16(25)19-12-5-3-7-14(9-12)23(27)28)22-21-13-6-2-4-11(8-13)20-17(18)26;1-10(24)15(16(25)20-12-5-2-4-11(18)8-12)23-22-14-7-3-6-13(9-14)21-17(19)26;1-7(13)5-10(14)11-8-3-2-4-9(6-8)12(15)16;8-5-2-1-3-6(4-5)10-7(9)11/h2-9,24H,1H3,(H,19,25)(H3,18,20,26);2-9,24H,18H2,1H3,(H,20,25)(H3,19,21,26);2-4,6H,5H2,1H3,(H,11,14);1-4H,8H2,(H3,9,10,11). The molecule has 0 radical (unpaired) electrons. The topological polar surface area (TPSA) is 498 Å². The number of Topliss-reactive ketones (excluding diaryl/α,β-unsaturated/α-hetero) is 1. The van der Waals surface area contributed by atoms with Gasteiger partial charge in [-0.15, -0.1) is 10.2 Å². The van der Waals surface area contributed by atoms with E-state index in [4.69, 9.17) is 28.7 Å². The molecule has 0 saturated carbocycles. The Hall–Kier alpha value is -12.1. The molecule has 9 amide bonds. The second kappa shape index (κ2) is 31.7. The van der Waals surface area contributed by atoms with Gasteiger partial charge in [0.25, 0.3) is 23.2 Å². The molecule has 0 atom stereocenters. The van der Waals surface area contributed by atoms with Gasteiger partial charge in [-0.3, -0.25) is 39.4 Å². The quantitative estimate of drug-likeness (QED) is 0.00817. The van der Waals surface area contributed by atoms with E-state index in [2.05, 4.69) is 52.4 Å². The fourth-order valence-electron chi connectivity index (χ4n) is 5.94. The van der Waals surface area contributed by atoms with Crippen LogP contribution in [0.4, 0.5) is 82.6 Å². The van der Waals surface area contributed by atoms with Crippen molar-refractivity contribution in [3.8, 4) is 0 Å². The van der Waals surface area contributed by atoms with Crippen molar-refractivity contribution in [3.05, 3.63) is 189 Å². The number of urea groups is 3. The van der Waals surface area contributed by atoms with E-state index >= 15 is 0 Å². The maximum absolute atomic E-state index is 12.3. The number of ketones is 1. The van der Waals surface area contributed by atoms with Crippen LogP contribution in [0.25, 0.3) is 0 Å². The number of hydrogen-bond donors (Lipinski definition) is 13. The van der Waals surface area contributed by atoms with Gasteiger partial charge < -0.3 is 70.8 Å². The van der Waals surface area contributed by atoms with Crippen LogP contribution in [0.3, 0.4) is 0 Å². The Balaban J connectivity index is 0.000000299. The monoisotopic (exact) mass is 1110 g/mol. The van der Waals surface area contributed by atoms with Crippen molar-refractivity contribution >= 4 is 110 Å². The highest BCUT2D eigenvalue weighted by molar-refractivity contribution is 6.05. The summed E-state index contributed by atoms with van der Waals surface area (Å²) < 4.78 is 0. The third kappa shape index (κ3) is 24.4. The van der Waals surface area contributed by atoms with Crippen molar-refractivity contribution in [1.82, 2.24) is 0 Å². The van der Waals surface area contributed by atoms with Crippen molar-refractivity contribution in [2.24, 2.45) is 37.7 Å². The first-order valence-corrected chi connectivity index (χ1v) is 22.9. The molecule has 420 valence electrons. The molecule has 18 N–H and O–H groups in total. The molecule has 6 rings (SSSR count). The molecular formula is C51H53N17O13. The number of non-ortho nitro benzene ring substituents is 2. The molecule has 30 heteroatoms. The second-order valence-corrected chi connectivity index (χ2v) is 16.0. The number of rotatable bonds is 16. The Morgan fingerprint density at radius 1 is 0.457 bits per heavy atom. The number of benzene rings is 6. The van der Waals surface area contributed by atoms with Gasteiger partial charge in [-0.05, 0) is 106 Å². The number of hydrogen-bond acceptors (Lipinski definition) is 19. The van der Waals surface area contributed by atoms with Gasteiger partial charge in [0.15, 0.2) is 11.4 Å².